The van der Waals surface area contributed by atoms with E-state index in [1.165, 1.54) is 18.5 Å². The number of nitrogens with one attached hydrogen (secondary N) is 1. The first-order valence-electron chi connectivity index (χ1n) is 13.8. The van der Waals surface area contributed by atoms with Gasteiger partial charge in [-0.2, -0.15) is 13.2 Å². The number of aromatic nitrogens is 3. The van der Waals surface area contributed by atoms with Crippen LogP contribution in [0.25, 0.3) is 11.3 Å². The van der Waals surface area contributed by atoms with Crippen LogP contribution in [-0.4, -0.2) is 64.2 Å². The maximum absolute atomic E-state index is 13.6. The molecule has 4 heterocycles. The molecule has 0 spiro atoms. The molecule has 1 atom stereocenters. The number of urea groups is 1. The fourth-order valence-electron chi connectivity index (χ4n) is 5.09. The zero-order valence-corrected chi connectivity index (χ0v) is 23.6. The van der Waals surface area contributed by atoms with Crippen molar-refractivity contribution in [3.05, 3.63) is 53.9 Å². The number of pyridine rings is 1. The zero-order chi connectivity index (χ0) is 30.1. The molecule has 3 aromatic rings. The van der Waals surface area contributed by atoms with Crippen LogP contribution in [0.5, 0.6) is 6.01 Å². The molecule has 2 aliphatic heterocycles. The molecule has 0 radical (unpaired) electrons. The molecule has 1 fully saturated rings. The number of ether oxygens (including phenoxy) is 2. The van der Waals surface area contributed by atoms with Crippen molar-refractivity contribution in [3.8, 4) is 17.3 Å². The van der Waals surface area contributed by atoms with Gasteiger partial charge in [-0.15, -0.1) is 0 Å². The minimum Gasteiger partial charge on any atom is -0.463 e. The molecule has 2 bridgehead atoms. The third-order valence-corrected chi connectivity index (χ3v) is 7.08. The van der Waals surface area contributed by atoms with Crippen LogP contribution in [0.1, 0.15) is 44.7 Å². The average molecular weight is 587 g/mol. The standard InChI is InChI=1S/C29H33F3N6O4/c1-4-18-14-23-25(36-24(18)19-7-5-8-20(13-19)29(30,31)32)38(22-9-10-37(23)17-22)27(39)35-21-15-33-26(34-16-21)41-11-6-12-42-28(2,3)40/h5,7-8,13-16,22,40H,4,6,9-12,17H2,1-3H3,(H,35,39). The van der Waals surface area contributed by atoms with Crippen molar-refractivity contribution < 1.29 is 32.5 Å². The van der Waals surface area contributed by atoms with Gasteiger partial charge in [0.05, 0.1) is 54.3 Å². The largest absolute Gasteiger partial charge is 0.463 e. The van der Waals surface area contributed by atoms with Crippen molar-refractivity contribution in [2.75, 3.05) is 41.4 Å². The van der Waals surface area contributed by atoms with Gasteiger partial charge >= 0.3 is 18.2 Å². The highest BCUT2D eigenvalue weighted by Crippen LogP contribution is 2.42. The monoisotopic (exact) mass is 586 g/mol. The number of hydrogen-bond acceptors (Lipinski definition) is 8. The molecule has 2 amide bonds. The van der Waals surface area contributed by atoms with Crippen LogP contribution < -0.4 is 19.9 Å². The van der Waals surface area contributed by atoms with Crippen molar-refractivity contribution in [1.82, 2.24) is 15.0 Å². The molecule has 10 nitrogen and oxygen atoms in total. The summed E-state index contributed by atoms with van der Waals surface area (Å²) in [6, 6.07) is 6.57. The van der Waals surface area contributed by atoms with Crippen molar-refractivity contribution in [3.63, 3.8) is 0 Å². The van der Waals surface area contributed by atoms with E-state index in [0.717, 1.165) is 36.3 Å². The Labute approximate surface area is 241 Å². The summed E-state index contributed by atoms with van der Waals surface area (Å²) in [5.41, 5.74) is 1.93. The maximum Gasteiger partial charge on any atom is 0.416 e. The third kappa shape index (κ3) is 6.57. The molecule has 13 heteroatoms. The third-order valence-electron chi connectivity index (χ3n) is 7.08. The van der Waals surface area contributed by atoms with Crippen molar-refractivity contribution in [2.45, 2.75) is 58.0 Å². The number of halogens is 3. The fraction of sp³-hybridized carbons (Fsp3) is 0.448. The molecule has 0 aliphatic carbocycles. The molecule has 2 aliphatic rings. The average Bonchev–Trinajstić information content (AvgIpc) is 3.36. The summed E-state index contributed by atoms with van der Waals surface area (Å²) in [4.78, 5) is 30.5. The lowest BCUT2D eigenvalue weighted by molar-refractivity contribution is -0.177. The Morgan fingerprint density at radius 2 is 1.93 bits per heavy atom. The smallest absolute Gasteiger partial charge is 0.416 e. The fourth-order valence-corrected chi connectivity index (χ4v) is 5.09. The lowest BCUT2D eigenvalue weighted by Crippen LogP contribution is -2.48. The second kappa shape index (κ2) is 11.7. The number of aryl methyl sites for hydroxylation is 1. The van der Waals surface area contributed by atoms with E-state index in [0.29, 0.717) is 48.8 Å². The van der Waals surface area contributed by atoms with Crippen LogP contribution in [0.2, 0.25) is 0 Å². The summed E-state index contributed by atoms with van der Waals surface area (Å²) in [5, 5.41) is 12.4. The first-order valence-corrected chi connectivity index (χ1v) is 13.8. The maximum atomic E-state index is 13.6. The first-order chi connectivity index (χ1) is 19.9. The van der Waals surface area contributed by atoms with E-state index < -0.39 is 23.6 Å². The molecule has 2 N–H and O–H groups in total. The Hall–Kier alpha value is -3.97. The molecule has 224 valence electrons. The van der Waals surface area contributed by atoms with Gasteiger partial charge in [0, 0.05) is 25.1 Å². The highest BCUT2D eigenvalue weighted by atomic mass is 19.4. The molecular formula is C29H33F3N6O4. The van der Waals surface area contributed by atoms with Gasteiger partial charge < -0.3 is 24.8 Å². The summed E-state index contributed by atoms with van der Waals surface area (Å²) in [5.74, 6) is -0.810. The van der Waals surface area contributed by atoms with Crippen molar-refractivity contribution >= 4 is 23.2 Å². The van der Waals surface area contributed by atoms with E-state index in [4.69, 9.17) is 14.5 Å². The van der Waals surface area contributed by atoms with E-state index in [2.05, 4.69) is 20.2 Å². The Morgan fingerprint density at radius 3 is 2.62 bits per heavy atom. The minimum absolute atomic E-state index is 0.130. The van der Waals surface area contributed by atoms with E-state index in [1.807, 2.05) is 13.0 Å². The summed E-state index contributed by atoms with van der Waals surface area (Å²) < 4.78 is 51.1. The highest BCUT2D eigenvalue weighted by molar-refractivity contribution is 6.04. The van der Waals surface area contributed by atoms with Gasteiger partial charge in [-0.25, -0.2) is 19.7 Å². The number of nitrogens with zero attached hydrogens (tertiary/aromatic N) is 5. The van der Waals surface area contributed by atoms with Gasteiger partial charge in [-0.05, 0) is 50.5 Å². The number of amides is 2. The van der Waals surface area contributed by atoms with Gasteiger partial charge in [0.15, 0.2) is 11.6 Å². The number of carbonyl (C=O) groups is 1. The summed E-state index contributed by atoms with van der Waals surface area (Å²) in [6.45, 7) is 6.98. The predicted molar refractivity (Wildman–Crippen MR) is 151 cm³/mol. The summed E-state index contributed by atoms with van der Waals surface area (Å²) in [7, 11) is 0. The van der Waals surface area contributed by atoms with E-state index >= 15 is 0 Å². The normalized spacial score (nSPS) is 16.4. The number of aliphatic hydroxyl groups is 1. The second-order valence-corrected chi connectivity index (χ2v) is 10.7. The van der Waals surface area contributed by atoms with Crippen LogP contribution in [0.15, 0.2) is 42.7 Å². The van der Waals surface area contributed by atoms with Crippen LogP contribution in [0, 0.1) is 0 Å². The number of benzene rings is 1. The van der Waals surface area contributed by atoms with Crippen molar-refractivity contribution in [2.24, 2.45) is 0 Å². The highest BCUT2D eigenvalue weighted by Gasteiger charge is 2.41. The molecule has 0 saturated carbocycles. The predicted octanol–water partition coefficient (Wildman–Crippen LogP) is 5.26. The Morgan fingerprint density at radius 1 is 1.17 bits per heavy atom. The first kappa shape index (κ1) is 29.5. The summed E-state index contributed by atoms with van der Waals surface area (Å²) in [6.07, 6.45) is 0.190. The molecule has 1 unspecified atom stereocenters. The van der Waals surface area contributed by atoms with Gasteiger partial charge in [-0.3, -0.25) is 4.90 Å². The minimum atomic E-state index is -4.48. The van der Waals surface area contributed by atoms with Crippen molar-refractivity contribution in [1.29, 1.82) is 0 Å². The van der Waals surface area contributed by atoms with Gasteiger partial charge in [0.1, 0.15) is 0 Å². The van der Waals surface area contributed by atoms with E-state index in [-0.39, 0.29) is 18.7 Å². The lowest BCUT2D eigenvalue weighted by atomic mass is 10.00. The van der Waals surface area contributed by atoms with E-state index in [1.54, 1.807) is 24.8 Å². The van der Waals surface area contributed by atoms with Crippen LogP contribution in [-0.2, 0) is 17.3 Å². The SMILES string of the molecule is CCc1cc2c(nc1-c1cccc(C(F)(F)F)c1)N(C(=O)Nc1cnc(OCCCOC(C)(C)O)nc1)C1CCN2C1. The van der Waals surface area contributed by atoms with Gasteiger partial charge in [0.2, 0.25) is 0 Å². The Balaban J connectivity index is 1.35. The van der Waals surface area contributed by atoms with Crippen LogP contribution in [0.3, 0.4) is 0 Å². The lowest BCUT2D eigenvalue weighted by Gasteiger charge is -2.36. The number of carbonyl (C=O) groups excluding carboxylic acids is 1. The van der Waals surface area contributed by atoms with Gasteiger partial charge in [-0.1, -0.05) is 19.1 Å². The number of anilines is 3. The quantitative estimate of drug-likeness (QED) is 0.258. The second-order valence-electron chi connectivity index (χ2n) is 10.7. The Kier molecular flexibility index (Phi) is 8.24. The molecule has 2 aromatic heterocycles. The molecular weight excluding hydrogens is 553 g/mol. The Bertz CT molecular complexity index is 1430. The molecule has 1 saturated heterocycles. The molecule has 42 heavy (non-hydrogen) atoms. The number of hydrogen-bond donors (Lipinski definition) is 2. The number of rotatable bonds is 9. The zero-order valence-electron chi connectivity index (χ0n) is 23.6. The molecule has 1 aromatic carbocycles. The van der Waals surface area contributed by atoms with E-state index in [9.17, 15) is 23.1 Å². The number of alkyl halides is 3. The topological polar surface area (TPSA) is 113 Å². The summed E-state index contributed by atoms with van der Waals surface area (Å²) >= 11 is 0. The van der Waals surface area contributed by atoms with Crippen LogP contribution >= 0.6 is 0 Å². The van der Waals surface area contributed by atoms with Gasteiger partial charge in [0.25, 0.3) is 0 Å². The number of fused-ring (bicyclic) bond motifs is 4. The van der Waals surface area contributed by atoms with Crippen LogP contribution in [0.4, 0.5) is 35.2 Å². The molecule has 5 rings (SSSR count).